The number of rotatable bonds is 6. The summed E-state index contributed by atoms with van der Waals surface area (Å²) in [6, 6.07) is 0. The molecule has 2 atom stereocenters. The molecule has 0 saturated heterocycles. The van der Waals surface area contributed by atoms with Crippen molar-refractivity contribution < 1.29 is 9.85 Å². The maximum absolute atomic E-state index is 11.3. The van der Waals surface area contributed by atoms with Gasteiger partial charge in [0, 0.05) is 13.1 Å². The number of hydrogen-bond donors (Lipinski definition) is 1. The lowest BCUT2D eigenvalue weighted by Crippen LogP contribution is -2.63. The van der Waals surface area contributed by atoms with Gasteiger partial charge in [-0.3, -0.25) is 25.5 Å². The topological polar surface area (TPSA) is 105 Å². The Balaban J connectivity index is 2.42. The molecule has 116 valence electrons. The highest BCUT2D eigenvalue weighted by molar-refractivity contribution is 5.19. The van der Waals surface area contributed by atoms with Crippen LogP contribution in [0.25, 0.3) is 0 Å². The first-order valence-electron chi connectivity index (χ1n) is 6.99. The van der Waals surface area contributed by atoms with Crippen LogP contribution in [0.4, 0.5) is 0 Å². The van der Waals surface area contributed by atoms with Gasteiger partial charge < -0.3 is 9.80 Å². The molecule has 0 saturated carbocycles. The van der Waals surface area contributed by atoms with E-state index in [-0.39, 0.29) is 11.4 Å². The van der Waals surface area contributed by atoms with Crippen LogP contribution in [0.5, 0.6) is 0 Å². The van der Waals surface area contributed by atoms with Crippen molar-refractivity contribution in [3.05, 3.63) is 44.0 Å². The van der Waals surface area contributed by atoms with Gasteiger partial charge in [0.25, 0.3) is 11.4 Å². The zero-order valence-corrected chi connectivity index (χ0v) is 12.1. The molecule has 0 spiro atoms. The first-order chi connectivity index (χ1) is 9.99. The Hall–Kier alpha value is -2.16. The minimum atomic E-state index is -0.623. The lowest BCUT2D eigenvalue weighted by atomic mass is 10.1. The van der Waals surface area contributed by atoms with Gasteiger partial charge in [0.2, 0.25) is 0 Å². The molecule has 2 aliphatic heterocycles. The predicted molar refractivity (Wildman–Crippen MR) is 74.9 cm³/mol. The highest BCUT2D eigenvalue weighted by atomic mass is 16.6. The second-order valence-corrected chi connectivity index (χ2v) is 5.07. The second kappa shape index (κ2) is 6.08. The van der Waals surface area contributed by atoms with Crippen LogP contribution < -0.4 is 5.32 Å². The molecule has 2 unspecified atom stereocenters. The molecule has 0 fully saturated rings. The average Bonchev–Trinajstić information content (AvgIpc) is 2.43. The van der Waals surface area contributed by atoms with Crippen molar-refractivity contribution in [2.24, 2.45) is 0 Å². The standard InChI is InChI=1S/C12H19N5O4/c1-3-5-14-7-9(16(18)19)12-13-11(14)10(17(20)21)8-15(12)6-4-2/h7-8,11-13H,3-6H2,1-2H3. The van der Waals surface area contributed by atoms with Crippen LogP contribution in [0, 0.1) is 20.2 Å². The van der Waals surface area contributed by atoms with Gasteiger partial charge in [0.15, 0.2) is 12.3 Å². The van der Waals surface area contributed by atoms with E-state index in [0.29, 0.717) is 13.1 Å². The summed E-state index contributed by atoms with van der Waals surface area (Å²) >= 11 is 0. The summed E-state index contributed by atoms with van der Waals surface area (Å²) in [5, 5.41) is 25.5. The van der Waals surface area contributed by atoms with Crippen LogP contribution in [0.3, 0.4) is 0 Å². The minimum absolute atomic E-state index is 0.0202. The van der Waals surface area contributed by atoms with Gasteiger partial charge in [-0.05, 0) is 12.8 Å². The lowest BCUT2D eigenvalue weighted by molar-refractivity contribution is -0.450. The molecule has 2 aliphatic rings. The molecule has 2 heterocycles. The van der Waals surface area contributed by atoms with Crippen molar-refractivity contribution in [2.75, 3.05) is 13.1 Å². The first kappa shape index (κ1) is 15.2. The maximum atomic E-state index is 11.3. The Morgan fingerprint density at radius 2 is 1.38 bits per heavy atom. The Labute approximate surface area is 122 Å². The fourth-order valence-corrected chi connectivity index (χ4v) is 2.68. The molecule has 21 heavy (non-hydrogen) atoms. The monoisotopic (exact) mass is 297 g/mol. The van der Waals surface area contributed by atoms with Gasteiger partial charge in [-0.15, -0.1) is 0 Å². The van der Waals surface area contributed by atoms with Crippen molar-refractivity contribution in [3.63, 3.8) is 0 Å². The average molecular weight is 297 g/mol. The van der Waals surface area contributed by atoms with Gasteiger partial charge in [0.1, 0.15) is 0 Å². The smallest absolute Gasteiger partial charge is 0.298 e. The quantitative estimate of drug-likeness (QED) is 0.574. The summed E-state index contributed by atoms with van der Waals surface area (Å²) in [6.45, 7) is 4.88. The van der Waals surface area contributed by atoms with E-state index < -0.39 is 22.2 Å². The molecule has 1 N–H and O–H groups in total. The molecule has 2 rings (SSSR count). The van der Waals surface area contributed by atoms with Crippen molar-refractivity contribution >= 4 is 0 Å². The molecular weight excluding hydrogens is 278 g/mol. The lowest BCUT2D eigenvalue weighted by Gasteiger charge is -2.42. The van der Waals surface area contributed by atoms with Crippen molar-refractivity contribution in [1.82, 2.24) is 15.1 Å². The Kier molecular flexibility index (Phi) is 4.41. The second-order valence-electron chi connectivity index (χ2n) is 5.07. The number of nitrogens with zero attached hydrogens (tertiary/aromatic N) is 4. The number of fused-ring (bicyclic) bond motifs is 2. The van der Waals surface area contributed by atoms with Crippen LogP contribution in [-0.4, -0.2) is 45.1 Å². The van der Waals surface area contributed by atoms with E-state index in [4.69, 9.17) is 0 Å². The van der Waals surface area contributed by atoms with E-state index in [2.05, 4.69) is 5.32 Å². The third-order valence-corrected chi connectivity index (χ3v) is 3.52. The normalized spacial score (nSPS) is 24.5. The van der Waals surface area contributed by atoms with Crippen molar-refractivity contribution in [3.8, 4) is 0 Å². The largest absolute Gasteiger partial charge is 0.347 e. The summed E-state index contributed by atoms with van der Waals surface area (Å²) in [6.07, 6.45) is 3.12. The van der Waals surface area contributed by atoms with Gasteiger partial charge in [0.05, 0.1) is 22.2 Å². The van der Waals surface area contributed by atoms with Crippen LogP contribution in [0.2, 0.25) is 0 Å². The van der Waals surface area contributed by atoms with Crippen LogP contribution in [0.15, 0.2) is 23.8 Å². The summed E-state index contributed by atoms with van der Waals surface area (Å²) < 4.78 is 0. The SMILES string of the molecule is CCCN1C=C([N+](=O)[O-])C2NC1C([N+](=O)[O-])=CN2CCC. The highest BCUT2D eigenvalue weighted by Crippen LogP contribution is 2.27. The first-order valence-corrected chi connectivity index (χ1v) is 6.99. The molecule has 2 bridgehead atoms. The van der Waals surface area contributed by atoms with E-state index in [1.807, 2.05) is 13.8 Å². The summed E-state index contributed by atoms with van der Waals surface area (Å²) in [5.41, 5.74) is 0.0404. The van der Waals surface area contributed by atoms with Gasteiger partial charge >= 0.3 is 0 Å². The van der Waals surface area contributed by atoms with Crippen molar-refractivity contribution in [1.29, 1.82) is 0 Å². The molecule has 9 nitrogen and oxygen atoms in total. The van der Waals surface area contributed by atoms with Crippen LogP contribution in [-0.2, 0) is 0 Å². The van der Waals surface area contributed by atoms with Crippen LogP contribution >= 0.6 is 0 Å². The minimum Gasteiger partial charge on any atom is -0.347 e. The number of nitrogens with one attached hydrogen (secondary N) is 1. The summed E-state index contributed by atoms with van der Waals surface area (Å²) in [7, 11) is 0. The van der Waals surface area contributed by atoms with E-state index in [1.165, 1.54) is 12.4 Å². The van der Waals surface area contributed by atoms with Crippen molar-refractivity contribution in [2.45, 2.75) is 39.0 Å². The summed E-state index contributed by atoms with van der Waals surface area (Å²) in [4.78, 5) is 24.9. The van der Waals surface area contributed by atoms with E-state index in [1.54, 1.807) is 9.80 Å². The molecule has 0 aromatic heterocycles. The molecule has 0 aromatic carbocycles. The third kappa shape index (κ3) is 2.82. The zero-order chi connectivity index (χ0) is 15.6. The molecule has 0 amide bonds. The molecule has 0 aromatic rings. The fraction of sp³-hybridized carbons (Fsp3) is 0.667. The van der Waals surface area contributed by atoms with E-state index >= 15 is 0 Å². The Morgan fingerprint density at radius 1 is 1.00 bits per heavy atom. The fourth-order valence-electron chi connectivity index (χ4n) is 2.68. The number of nitro groups is 2. The Morgan fingerprint density at radius 3 is 1.67 bits per heavy atom. The molecule has 9 heteroatoms. The molecular formula is C12H19N5O4. The molecule has 0 radical (unpaired) electrons. The highest BCUT2D eigenvalue weighted by Gasteiger charge is 2.46. The van der Waals surface area contributed by atoms with Gasteiger partial charge in [-0.25, -0.2) is 0 Å². The number of hydrogen-bond acceptors (Lipinski definition) is 7. The third-order valence-electron chi connectivity index (χ3n) is 3.52. The van der Waals surface area contributed by atoms with E-state index in [0.717, 1.165) is 12.8 Å². The van der Waals surface area contributed by atoms with Crippen LogP contribution in [0.1, 0.15) is 26.7 Å². The zero-order valence-electron chi connectivity index (χ0n) is 12.1. The van der Waals surface area contributed by atoms with E-state index in [9.17, 15) is 20.2 Å². The predicted octanol–water partition coefficient (Wildman–Crippen LogP) is 0.916. The van der Waals surface area contributed by atoms with Gasteiger partial charge in [-0.1, -0.05) is 13.8 Å². The summed E-state index contributed by atoms with van der Waals surface area (Å²) in [5.74, 6) is 0. The molecule has 0 aliphatic carbocycles. The maximum Gasteiger partial charge on any atom is 0.298 e. The van der Waals surface area contributed by atoms with Gasteiger partial charge in [-0.2, -0.15) is 0 Å². The Bertz CT molecular complexity index is 460.